The summed E-state index contributed by atoms with van der Waals surface area (Å²) in [4.78, 5) is 2.73. The molecule has 0 aromatic carbocycles. The minimum Gasteiger partial charge on any atom is -0.330 e. The van der Waals surface area contributed by atoms with Gasteiger partial charge < -0.3 is 5.73 Å². The SMILES string of the molecule is CCCN(CC(C)(C)CN)C1CC(C)(C)CC(C)(C)C1. The topological polar surface area (TPSA) is 29.3 Å². The van der Waals surface area contributed by atoms with Gasteiger partial charge in [0, 0.05) is 12.6 Å². The average Bonchev–Trinajstić information content (AvgIpc) is 2.24. The van der Waals surface area contributed by atoms with Crippen LogP contribution in [-0.2, 0) is 0 Å². The van der Waals surface area contributed by atoms with Gasteiger partial charge in [0.1, 0.15) is 0 Å². The van der Waals surface area contributed by atoms with Crippen molar-refractivity contribution in [3.63, 3.8) is 0 Å². The molecule has 0 amide bonds. The number of nitrogens with zero attached hydrogens (tertiary/aromatic N) is 1. The molecule has 0 radical (unpaired) electrons. The molecule has 0 unspecified atom stereocenters. The Labute approximate surface area is 127 Å². The Morgan fingerprint density at radius 3 is 2.00 bits per heavy atom. The molecule has 0 aliphatic heterocycles. The van der Waals surface area contributed by atoms with Gasteiger partial charge in [0.15, 0.2) is 0 Å². The number of hydrogen-bond donors (Lipinski definition) is 1. The first-order valence-corrected chi connectivity index (χ1v) is 8.44. The molecule has 2 nitrogen and oxygen atoms in total. The van der Waals surface area contributed by atoms with Crippen molar-refractivity contribution in [2.24, 2.45) is 22.0 Å². The summed E-state index contributed by atoms with van der Waals surface area (Å²) in [5, 5.41) is 0. The highest BCUT2D eigenvalue weighted by Gasteiger charge is 2.41. The molecule has 1 saturated carbocycles. The summed E-state index contributed by atoms with van der Waals surface area (Å²) in [6.07, 6.45) is 5.24. The standard InChI is InChI=1S/C18H38N2/c1-8-9-20(14-18(6,7)13-19)15-10-16(2,3)12-17(4,5)11-15/h15H,8-14,19H2,1-7H3. The first-order chi connectivity index (χ1) is 9.00. The predicted octanol–water partition coefficient (Wildman–Crippen LogP) is 4.29. The van der Waals surface area contributed by atoms with E-state index in [4.69, 9.17) is 5.73 Å². The quantitative estimate of drug-likeness (QED) is 0.787. The molecule has 1 fully saturated rings. The molecule has 2 N–H and O–H groups in total. The fourth-order valence-electron chi connectivity index (χ4n) is 4.34. The van der Waals surface area contributed by atoms with Crippen molar-refractivity contribution in [1.82, 2.24) is 4.90 Å². The molecule has 1 aliphatic rings. The molecule has 0 aromatic rings. The molecule has 2 heteroatoms. The van der Waals surface area contributed by atoms with Gasteiger partial charge in [-0.2, -0.15) is 0 Å². The van der Waals surface area contributed by atoms with E-state index < -0.39 is 0 Å². The molecule has 1 rings (SSSR count). The molecule has 20 heavy (non-hydrogen) atoms. The van der Waals surface area contributed by atoms with Crippen LogP contribution in [0.2, 0.25) is 0 Å². The molecule has 0 heterocycles. The van der Waals surface area contributed by atoms with E-state index in [0.29, 0.717) is 10.8 Å². The minimum absolute atomic E-state index is 0.223. The second kappa shape index (κ2) is 6.36. The second-order valence-corrected chi connectivity index (χ2v) is 9.41. The van der Waals surface area contributed by atoms with Crippen LogP contribution in [0.4, 0.5) is 0 Å². The Kier molecular flexibility index (Phi) is 5.71. The highest BCUT2D eigenvalue weighted by atomic mass is 15.2. The molecule has 0 bridgehead atoms. The Bertz CT molecular complexity index is 289. The van der Waals surface area contributed by atoms with Crippen molar-refractivity contribution < 1.29 is 0 Å². The second-order valence-electron chi connectivity index (χ2n) is 9.41. The Balaban J connectivity index is 2.85. The van der Waals surface area contributed by atoms with Crippen LogP contribution in [-0.4, -0.2) is 30.6 Å². The van der Waals surface area contributed by atoms with Crippen LogP contribution in [0.25, 0.3) is 0 Å². The highest BCUT2D eigenvalue weighted by Crippen LogP contribution is 2.47. The van der Waals surface area contributed by atoms with Crippen LogP contribution in [0.3, 0.4) is 0 Å². The van der Waals surface area contributed by atoms with Crippen molar-refractivity contribution >= 4 is 0 Å². The predicted molar refractivity (Wildman–Crippen MR) is 89.9 cm³/mol. The maximum Gasteiger partial charge on any atom is 0.0106 e. The molecular formula is C18H38N2. The zero-order valence-corrected chi connectivity index (χ0v) is 15.1. The highest BCUT2D eigenvalue weighted by molar-refractivity contribution is 4.94. The lowest BCUT2D eigenvalue weighted by molar-refractivity contribution is 0.00981. The maximum atomic E-state index is 5.96. The zero-order valence-electron chi connectivity index (χ0n) is 15.1. The van der Waals surface area contributed by atoms with E-state index in [0.717, 1.165) is 19.1 Å². The van der Waals surface area contributed by atoms with Crippen LogP contribution in [0.1, 0.15) is 74.1 Å². The smallest absolute Gasteiger partial charge is 0.0106 e. The molecular weight excluding hydrogens is 244 g/mol. The first kappa shape index (κ1) is 18.0. The lowest BCUT2D eigenvalue weighted by atomic mass is 9.63. The van der Waals surface area contributed by atoms with Gasteiger partial charge in [-0.3, -0.25) is 4.90 Å². The van der Waals surface area contributed by atoms with Gasteiger partial charge in [-0.1, -0.05) is 48.5 Å². The third kappa shape index (κ3) is 5.37. The van der Waals surface area contributed by atoms with E-state index in [-0.39, 0.29) is 5.41 Å². The van der Waals surface area contributed by atoms with Crippen molar-refractivity contribution in [3.05, 3.63) is 0 Å². The summed E-state index contributed by atoms with van der Waals surface area (Å²) in [6, 6.07) is 0.722. The maximum absolute atomic E-state index is 5.96. The lowest BCUT2D eigenvalue weighted by Crippen LogP contribution is -2.50. The monoisotopic (exact) mass is 282 g/mol. The van der Waals surface area contributed by atoms with Gasteiger partial charge >= 0.3 is 0 Å². The molecule has 1 aliphatic carbocycles. The fraction of sp³-hybridized carbons (Fsp3) is 1.00. The summed E-state index contributed by atoms with van der Waals surface area (Å²) < 4.78 is 0. The molecule has 0 saturated heterocycles. The van der Waals surface area contributed by atoms with Crippen LogP contribution >= 0.6 is 0 Å². The minimum atomic E-state index is 0.223. The Morgan fingerprint density at radius 1 is 1.10 bits per heavy atom. The summed E-state index contributed by atoms with van der Waals surface area (Å²) in [5.41, 5.74) is 7.11. The Hall–Kier alpha value is -0.0800. The summed E-state index contributed by atoms with van der Waals surface area (Å²) in [6.45, 7) is 19.8. The summed E-state index contributed by atoms with van der Waals surface area (Å²) >= 11 is 0. The number of hydrogen-bond acceptors (Lipinski definition) is 2. The van der Waals surface area contributed by atoms with Crippen LogP contribution in [0.15, 0.2) is 0 Å². The van der Waals surface area contributed by atoms with Crippen molar-refractivity contribution in [2.75, 3.05) is 19.6 Å². The number of rotatable bonds is 6. The van der Waals surface area contributed by atoms with Gasteiger partial charge in [-0.25, -0.2) is 0 Å². The van der Waals surface area contributed by atoms with Gasteiger partial charge in [0.25, 0.3) is 0 Å². The molecule has 0 atom stereocenters. The summed E-state index contributed by atoms with van der Waals surface area (Å²) in [7, 11) is 0. The molecule has 0 aromatic heterocycles. The fourth-order valence-corrected chi connectivity index (χ4v) is 4.34. The van der Waals surface area contributed by atoms with Gasteiger partial charge in [0.2, 0.25) is 0 Å². The van der Waals surface area contributed by atoms with Gasteiger partial charge in [-0.05, 0) is 55.0 Å². The third-order valence-electron chi connectivity index (χ3n) is 4.74. The Morgan fingerprint density at radius 2 is 1.60 bits per heavy atom. The van der Waals surface area contributed by atoms with Gasteiger partial charge in [-0.15, -0.1) is 0 Å². The van der Waals surface area contributed by atoms with Crippen molar-refractivity contribution in [2.45, 2.75) is 80.2 Å². The van der Waals surface area contributed by atoms with Gasteiger partial charge in [0.05, 0.1) is 0 Å². The van der Waals surface area contributed by atoms with E-state index in [1.54, 1.807) is 0 Å². The first-order valence-electron chi connectivity index (χ1n) is 8.44. The average molecular weight is 283 g/mol. The van der Waals surface area contributed by atoms with Crippen molar-refractivity contribution in [3.8, 4) is 0 Å². The molecule has 0 spiro atoms. The van der Waals surface area contributed by atoms with Crippen LogP contribution in [0, 0.1) is 16.2 Å². The molecule has 120 valence electrons. The number of nitrogens with two attached hydrogens (primary N) is 1. The summed E-state index contributed by atoms with van der Waals surface area (Å²) in [5.74, 6) is 0. The zero-order chi connectivity index (χ0) is 15.6. The van der Waals surface area contributed by atoms with Crippen LogP contribution in [0.5, 0.6) is 0 Å². The van der Waals surface area contributed by atoms with E-state index in [2.05, 4.69) is 53.4 Å². The third-order valence-corrected chi connectivity index (χ3v) is 4.74. The van der Waals surface area contributed by atoms with E-state index in [9.17, 15) is 0 Å². The van der Waals surface area contributed by atoms with E-state index in [1.807, 2.05) is 0 Å². The van der Waals surface area contributed by atoms with Crippen molar-refractivity contribution in [1.29, 1.82) is 0 Å². The largest absolute Gasteiger partial charge is 0.330 e. The van der Waals surface area contributed by atoms with E-state index in [1.165, 1.54) is 32.2 Å². The lowest BCUT2D eigenvalue weighted by Gasteiger charge is -2.50. The normalized spacial score (nSPS) is 23.2. The van der Waals surface area contributed by atoms with E-state index >= 15 is 0 Å². The van der Waals surface area contributed by atoms with Crippen LogP contribution < -0.4 is 5.73 Å².